The van der Waals surface area contributed by atoms with Crippen LogP contribution in [-0.4, -0.2) is 50.6 Å². The van der Waals surface area contributed by atoms with Crippen LogP contribution in [-0.2, 0) is 19.0 Å². The molecule has 180 valence electrons. The lowest BCUT2D eigenvalue weighted by Gasteiger charge is -2.19. The lowest BCUT2D eigenvalue weighted by molar-refractivity contribution is -0.153. The Morgan fingerprint density at radius 2 is 1.91 bits per heavy atom. The molecule has 1 aliphatic heterocycles. The Balaban J connectivity index is 1.72. The van der Waals surface area contributed by atoms with E-state index >= 15 is 0 Å². The Bertz CT molecular complexity index is 935. The number of methoxy groups -OCH3 is 2. The summed E-state index contributed by atoms with van der Waals surface area (Å²) in [4.78, 5) is 26.3. The smallest absolute Gasteiger partial charge is 0.188 e. The second kappa shape index (κ2) is 9.57. The molecule has 1 aromatic carbocycles. The highest BCUT2D eigenvalue weighted by atomic mass is 16.8. The minimum Gasteiger partial charge on any atom is -0.497 e. The van der Waals surface area contributed by atoms with Crippen LogP contribution in [0.4, 0.5) is 0 Å². The van der Waals surface area contributed by atoms with E-state index in [9.17, 15) is 9.59 Å². The van der Waals surface area contributed by atoms with Crippen molar-refractivity contribution in [2.24, 2.45) is 11.8 Å². The number of hydrogen-bond acceptors (Lipinski definition) is 7. The second-order valence-electron chi connectivity index (χ2n) is 9.85. The molecule has 0 spiro atoms. The molecule has 7 nitrogen and oxygen atoms in total. The molecule has 0 radical (unpaired) electrons. The fourth-order valence-corrected chi connectivity index (χ4v) is 5.01. The molecule has 2 aliphatic carbocycles. The average molecular weight is 459 g/mol. The minimum atomic E-state index is -0.803. The van der Waals surface area contributed by atoms with Crippen LogP contribution in [0.3, 0.4) is 0 Å². The fraction of sp³-hybridized carbons (Fsp3) is 0.615. The zero-order valence-electron chi connectivity index (χ0n) is 20.1. The molecular weight excluding hydrogens is 424 g/mol. The van der Waals surface area contributed by atoms with E-state index < -0.39 is 11.9 Å². The molecule has 33 heavy (non-hydrogen) atoms. The van der Waals surface area contributed by atoms with Crippen LogP contribution in [0.5, 0.6) is 11.5 Å². The third-order valence-corrected chi connectivity index (χ3v) is 6.63. The van der Waals surface area contributed by atoms with Crippen molar-refractivity contribution in [3.63, 3.8) is 0 Å². The molecule has 3 aliphatic rings. The maximum atomic E-state index is 13.5. The van der Waals surface area contributed by atoms with Gasteiger partial charge in [0.05, 0.1) is 18.8 Å². The van der Waals surface area contributed by atoms with E-state index in [0.29, 0.717) is 36.3 Å². The molecule has 5 atom stereocenters. The van der Waals surface area contributed by atoms with Gasteiger partial charge in [-0.15, -0.1) is 0 Å². The molecule has 0 N–H and O–H groups in total. The van der Waals surface area contributed by atoms with Gasteiger partial charge in [-0.1, -0.05) is 13.0 Å². The van der Waals surface area contributed by atoms with E-state index in [4.69, 9.17) is 23.7 Å². The maximum absolute atomic E-state index is 13.5. The highest BCUT2D eigenvalue weighted by molar-refractivity contribution is 6.01. The summed E-state index contributed by atoms with van der Waals surface area (Å²) in [6.45, 7) is 5.75. The van der Waals surface area contributed by atoms with Crippen molar-refractivity contribution < 1.29 is 33.3 Å². The highest BCUT2D eigenvalue weighted by Gasteiger charge is 2.50. The van der Waals surface area contributed by atoms with E-state index in [1.165, 1.54) is 0 Å². The predicted octanol–water partition coefficient (Wildman–Crippen LogP) is 4.43. The van der Waals surface area contributed by atoms with Gasteiger partial charge in [0.2, 0.25) is 0 Å². The number of fused-ring (bicyclic) bond motifs is 4. The van der Waals surface area contributed by atoms with Crippen LogP contribution in [0.25, 0.3) is 0 Å². The predicted molar refractivity (Wildman–Crippen MR) is 122 cm³/mol. The number of benzene rings is 1. The summed E-state index contributed by atoms with van der Waals surface area (Å²) in [6.07, 6.45) is 5.07. The molecule has 1 saturated heterocycles. The van der Waals surface area contributed by atoms with Crippen molar-refractivity contribution >= 4 is 11.6 Å². The number of ether oxygens (including phenoxy) is 5. The van der Waals surface area contributed by atoms with Crippen molar-refractivity contribution in [2.75, 3.05) is 21.0 Å². The number of ketones is 2. The van der Waals surface area contributed by atoms with E-state index in [1.807, 2.05) is 32.9 Å². The first-order chi connectivity index (χ1) is 15.7. The lowest BCUT2D eigenvalue weighted by atomic mass is 9.90. The molecule has 1 saturated carbocycles. The largest absolute Gasteiger partial charge is 0.497 e. The van der Waals surface area contributed by atoms with Gasteiger partial charge in [-0.3, -0.25) is 9.59 Å². The van der Waals surface area contributed by atoms with Crippen LogP contribution in [0.2, 0.25) is 0 Å². The number of hydrogen-bond donors (Lipinski definition) is 0. The average Bonchev–Trinajstić information content (AvgIpc) is 3.45. The first-order valence-corrected chi connectivity index (χ1v) is 11.6. The Morgan fingerprint density at radius 3 is 2.64 bits per heavy atom. The van der Waals surface area contributed by atoms with Crippen molar-refractivity contribution in [1.82, 2.24) is 0 Å². The maximum Gasteiger partial charge on any atom is 0.188 e. The molecular formula is C26H34O7. The van der Waals surface area contributed by atoms with E-state index in [0.717, 1.165) is 12.0 Å². The number of rotatable bonds is 4. The molecule has 2 unspecified atom stereocenters. The van der Waals surface area contributed by atoms with Gasteiger partial charge < -0.3 is 23.7 Å². The van der Waals surface area contributed by atoms with Gasteiger partial charge in [0.1, 0.15) is 17.6 Å². The summed E-state index contributed by atoms with van der Waals surface area (Å²) in [5.41, 5.74) is 1.56. The number of carbonyl (C=O) groups excluding carboxylic acids is 2. The third-order valence-electron chi connectivity index (χ3n) is 6.63. The Kier molecular flexibility index (Phi) is 6.93. The minimum absolute atomic E-state index is 0.0353. The van der Waals surface area contributed by atoms with Crippen molar-refractivity contribution in [1.29, 1.82) is 0 Å². The number of carbonyl (C=O) groups is 2. The fourth-order valence-electron chi connectivity index (χ4n) is 5.01. The summed E-state index contributed by atoms with van der Waals surface area (Å²) in [5.74, 6) is 0.808. The lowest BCUT2D eigenvalue weighted by Crippen LogP contribution is -2.31. The van der Waals surface area contributed by atoms with Crippen LogP contribution in [0.15, 0.2) is 24.3 Å². The van der Waals surface area contributed by atoms with Crippen LogP contribution in [0, 0.1) is 11.8 Å². The van der Waals surface area contributed by atoms with Crippen LogP contribution < -0.4 is 9.47 Å². The standard InChI is InChI=1S/C26H34O7/c1-15-7-6-8-20(27)25-23(32-26(2,3)33-25)11-16-10-18(16)19-12-17(30-5)13-22(31-14-29-4)24(19)21(28)9-15/h6,8,12-13,15-16,18,23,25H,7,9-11,14H2,1-5H3/b8-6+/t15-,16?,18?,23-,25+/m0/s1. The Morgan fingerprint density at radius 1 is 1.12 bits per heavy atom. The van der Waals surface area contributed by atoms with E-state index in [-0.39, 0.29) is 42.2 Å². The first-order valence-electron chi connectivity index (χ1n) is 11.6. The molecule has 4 rings (SSSR count). The van der Waals surface area contributed by atoms with Gasteiger partial charge in [-0.05, 0) is 68.6 Å². The number of allylic oxidation sites excluding steroid dienone is 1. The highest BCUT2D eigenvalue weighted by Crippen LogP contribution is 2.54. The molecule has 7 heteroatoms. The van der Waals surface area contributed by atoms with Crippen molar-refractivity contribution in [2.45, 2.75) is 70.4 Å². The SMILES string of the molecule is COCOc1cc(OC)cc2c1C(=O)C[C@@H](C)C/C=C/C(=O)[C@H]1OC(C)(C)O[C@H]1CC1CC21. The van der Waals surface area contributed by atoms with Gasteiger partial charge in [0.25, 0.3) is 0 Å². The van der Waals surface area contributed by atoms with Crippen molar-refractivity contribution in [3.8, 4) is 11.5 Å². The number of Topliss-reactive ketones (excluding diaryl/α,β-unsaturated/α-hetero) is 1. The first kappa shape index (κ1) is 23.9. The van der Waals surface area contributed by atoms with Gasteiger partial charge in [-0.25, -0.2) is 0 Å². The monoisotopic (exact) mass is 458 g/mol. The van der Waals surface area contributed by atoms with E-state index in [2.05, 4.69) is 0 Å². The molecule has 0 bridgehead atoms. The quantitative estimate of drug-likeness (QED) is 0.618. The van der Waals surface area contributed by atoms with Gasteiger partial charge >= 0.3 is 0 Å². The second-order valence-corrected chi connectivity index (χ2v) is 9.85. The normalized spacial score (nSPS) is 32.2. The van der Waals surface area contributed by atoms with Crippen LogP contribution >= 0.6 is 0 Å². The summed E-state index contributed by atoms with van der Waals surface area (Å²) in [6, 6.07) is 3.71. The molecule has 1 heterocycles. The van der Waals surface area contributed by atoms with Gasteiger partial charge in [0, 0.05) is 19.6 Å². The molecule has 0 aromatic heterocycles. The molecule has 1 aromatic rings. The Hall–Kier alpha value is -2.22. The topological polar surface area (TPSA) is 80.3 Å². The summed E-state index contributed by atoms with van der Waals surface area (Å²) in [7, 11) is 3.16. The van der Waals surface area contributed by atoms with Gasteiger partial charge in [-0.2, -0.15) is 0 Å². The van der Waals surface area contributed by atoms with Crippen molar-refractivity contribution in [3.05, 3.63) is 35.4 Å². The zero-order chi connectivity index (χ0) is 23.8. The Labute approximate surface area is 195 Å². The summed E-state index contributed by atoms with van der Waals surface area (Å²) >= 11 is 0. The van der Waals surface area contributed by atoms with Gasteiger partial charge in [0.15, 0.2) is 24.1 Å². The summed E-state index contributed by atoms with van der Waals surface area (Å²) < 4.78 is 28.5. The molecule has 2 fully saturated rings. The van der Waals surface area contributed by atoms with E-state index in [1.54, 1.807) is 26.4 Å². The summed E-state index contributed by atoms with van der Waals surface area (Å²) in [5, 5.41) is 0. The third kappa shape index (κ3) is 5.31. The zero-order valence-corrected chi connectivity index (χ0v) is 20.1. The molecule has 0 amide bonds. The van der Waals surface area contributed by atoms with Crippen LogP contribution in [0.1, 0.15) is 68.3 Å².